The van der Waals surface area contributed by atoms with Crippen molar-refractivity contribution < 1.29 is 42.7 Å². The van der Waals surface area contributed by atoms with Crippen molar-refractivity contribution in [3.8, 4) is 0 Å². The number of phosphoric acid groups is 1. The number of carbonyl (C=O) groups is 1. The summed E-state index contributed by atoms with van der Waals surface area (Å²) in [6, 6.07) is 0. The van der Waals surface area contributed by atoms with Gasteiger partial charge >= 0.3 is 5.97 Å². The lowest BCUT2D eigenvalue weighted by molar-refractivity contribution is -0.870. The molecular weight excluding hydrogens is 509 g/mol. The van der Waals surface area contributed by atoms with E-state index in [1.807, 2.05) is 57.6 Å². The summed E-state index contributed by atoms with van der Waals surface area (Å²) in [5.74, 6) is -0.0735. The normalized spacial score (nSPS) is 15.7. The monoisotopic (exact) mass is 557 g/mol. The molecule has 0 rings (SSSR count). The minimum Gasteiger partial charge on any atom is -0.756 e. The molecule has 0 aliphatic rings. The number of nitrogens with zero attached hydrogens (tertiary/aromatic N) is 1. The van der Waals surface area contributed by atoms with Crippen LogP contribution in [-0.2, 0) is 23.1 Å². The molecule has 0 aliphatic carbocycles. The van der Waals surface area contributed by atoms with E-state index in [2.05, 4.69) is 29.7 Å². The van der Waals surface area contributed by atoms with Crippen molar-refractivity contribution in [3.05, 3.63) is 60.4 Å². The van der Waals surface area contributed by atoms with Crippen LogP contribution in [0.2, 0.25) is 0 Å². The predicted octanol–water partition coefficient (Wildman–Crippen LogP) is 4.91. The Morgan fingerprint density at radius 3 is 2.21 bits per heavy atom. The van der Waals surface area contributed by atoms with Crippen molar-refractivity contribution in [1.82, 2.24) is 0 Å². The molecule has 0 aliphatic heterocycles. The van der Waals surface area contributed by atoms with Gasteiger partial charge in [-0.15, -0.1) is 0 Å². The zero-order valence-corrected chi connectivity index (χ0v) is 24.4. The highest BCUT2D eigenvalue weighted by molar-refractivity contribution is 7.45. The number of quaternary nitrogens is 1. The van der Waals surface area contributed by atoms with Crippen LogP contribution in [0, 0.1) is 0 Å². The van der Waals surface area contributed by atoms with E-state index in [0.29, 0.717) is 36.0 Å². The second-order valence-electron chi connectivity index (χ2n) is 9.72. The van der Waals surface area contributed by atoms with Gasteiger partial charge in [0.1, 0.15) is 25.9 Å². The molecule has 0 radical (unpaired) electrons. The van der Waals surface area contributed by atoms with Crippen molar-refractivity contribution in [2.45, 2.75) is 64.4 Å². The van der Waals surface area contributed by atoms with E-state index in [1.165, 1.54) is 0 Å². The van der Waals surface area contributed by atoms with Crippen LogP contribution in [-0.4, -0.2) is 74.3 Å². The van der Waals surface area contributed by atoms with Crippen LogP contribution in [0.4, 0.5) is 0 Å². The molecule has 0 saturated heterocycles. The number of phosphoric ester groups is 1. The van der Waals surface area contributed by atoms with E-state index in [1.54, 1.807) is 0 Å². The molecule has 38 heavy (non-hydrogen) atoms. The van der Waals surface area contributed by atoms with Crippen LogP contribution in [0.5, 0.6) is 0 Å². The summed E-state index contributed by atoms with van der Waals surface area (Å²) in [7, 11) is 1.18. The van der Waals surface area contributed by atoms with Crippen LogP contribution in [0.25, 0.3) is 0 Å². The van der Waals surface area contributed by atoms with Gasteiger partial charge in [-0.3, -0.25) is 9.36 Å². The van der Waals surface area contributed by atoms with E-state index < -0.39 is 26.5 Å². The summed E-state index contributed by atoms with van der Waals surface area (Å²) in [5, 5.41) is 19.5. The van der Waals surface area contributed by atoms with Crippen LogP contribution in [0.15, 0.2) is 60.4 Å². The number of esters is 1. The minimum absolute atomic E-state index is 0.0278. The van der Waals surface area contributed by atoms with E-state index in [0.717, 1.165) is 25.7 Å². The quantitative estimate of drug-likeness (QED) is 0.0481. The van der Waals surface area contributed by atoms with Crippen molar-refractivity contribution in [2.24, 2.45) is 0 Å². The minimum atomic E-state index is -4.52. The topological polar surface area (TPSA) is 125 Å². The maximum Gasteiger partial charge on any atom is 0.305 e. The Morgan fingerprint density at radius 2 is 1.58 bits per heavy atom. The number of ether oxygens (including phenoxy) is 1. The molecule has 218 valence electrons. The third-order valence-corrected chi connectivity index (χ3v) is 5.85. The molecule has 0 saturated carbocycles. The fourth-order valence-corrected chi connectivity index (χ4v) is 3.46. The molecule has 0 heterocycles. The van der Waals surface area contributed by atoms with E-state index >= 15 is 0 Å². The lowest BCUT2D eigenvalue weighted by atomic mass is 10.2. The fraction of sp³-hybridized carbons (Fsp3) is 0.607. The maximum atomic E-state index is 11.8. The summed E-state index contributed by atoms with van der Waals surface area (Å²) >= 11 is 0. The van der Waals surface area contributed by atoms with Crippen LogP contribution >= 0.6 is 7.82 Å². The Hall–Kier alpha value is -2.00. The number of hydrogen-bond donors (Lipinski definition) is 2. The number of hydrogen-bond acceptors (Lipinski definition) is 8. The highest BCUT2D eigenvalue weighted by atomic mass is 31.2. The number of allylic oxidation sites excluding steroid dienone is 9. The molecule has 0 spiro atoms. The van der Waals surface area contributed by atoms with Gasteiger partial charge in [0.05, 0.1) is 33.5 Å². The summed E-state index contributed by atoms with van der Waals surface area (Å²) in [6.07, 6.45) is 22.2. The largest absolute Gasteiger partial charge is 0.756 e. The Morgan fingerprint density at radius 1 is 0.947 bits per heavy atom. The molecule has 10 heteroatoms. The number of unbranched alkanes of at least 4 members (excludes halogenated alkanes) is 1. The van der Waals surface area contributed by atoms with Gasteiger partial charge in [0.2, 0.25) is 0 Å². The van der Waals surface area contributed by atoms with E-state index in [4.69, 9.17) is 9.26 Å². The van der Waals surface area contributed by atoms with Crippen LogP contribution < -0.4 is 4.89 Å². The third kappa shape index (κ3) is 25.6. The van der Waals surface area contributed by atoms with E-state index in [9.17, 15) is 24.5 Å². The lowest BCUT2D eigenvalue weighted by Crippen LogP contribution is -2.37. The molecule has 0 amide bonds. The molecule has 2 N–H and O–H groups in total. The maximum absolute atomic E-state index is 11.8. The smallest absolute Gasteiger partial charge is 0.305 e. The predicted molar refractivity (Wildman–Crippen MR) is 149 cm³/mol. The van der Waals surface area contributed by atoms with Crippen molar-refractivity contribution in [2.75, 3.05) is 47.5 Å². The van der Waals surface area contributed by atoms with Crippen molar-refractivity contribution in [1.29, 1.82) is 0 Å². The molecule has 1 unspecified atom stereocenters. The average Bonchev–Trinajstić information content (AvgIpc) is 2.83. The Balaban J connectivity index is 3.84. The first kappa shape index (κ1) is 36.0. The first-order valence-electron chi connectivity index (χ1n) is 13.2. The molecular formula is C28H48NO8P. The van der Waals surface area contributed by atoms with Crippen LogP contribution in [0.3, 0.4) is 0 Å². The highest BCUT2D eigenvalue weighted by Crippen LogP contribution is 2.38. The molecule has 9 nitrogen and oxygen atoms in total. The number of aliphatic hydroxyl groups is 2. The highest BCUT2D eigenvalue weighted by Gasteiger charge is 2.16. The molecule has 2 atom stereocenters. The summed E-state index contributed by atoms with van der Waals surface area (Å²) in [4.78, 5) is 23.5. The van der Waals surface area contributed by atoms with Gasteiger partial charge < -0.3 is 33.4 Å². The van der Waals surface area contributed by atoms with Gasteiger partial charge in [0.15, 0.2) is 0 Å². The Labute approximate surface area is 229 Å². The molecule has 0 aromatic rings. The summed E-state index contributed by atoms with van der Waals surface area (Å²) in [5.41, 5.74) is 0. The summed E-state index contributed by atoms with van der Waals surface area (Å²) in [6.45, 7) is 1.62. The lowest BCUT2D eigenvalue weighted by Gasteiger charge is -2.27. The van der Waals surface area contributed by atoms with Crippen LogP contribution in [0.1, 0.15) is 58.3 Å². The van der Waals surface area contributed by atoms with Gasteiger partial charge in [0.25, 0.3) is 7.82 Å². The number of aliphatic hydroxyl groups excluding tert-OH is 2. The first-order chi connectivity index (χ1) is 17.9. The second-order valence-corrected chi connectivity index (χ2v) is 11.1. The second kappa shape index (κ2) is 21.9. The zero-order chi connectivity index (χ0) is 28.7. The standard InChI is InChI=1S/C28H48NO8P/c1-5-6-16-19-26(30)20-17-14-12-10-8-7-9-11-13-15-18-21-28(32)35-24-27(31)25-37-38(33,34)36-23-22-29(2,3)4/h6-8,11-14,16,20,27,31H,5,9-10,15,17-19,21-25H2,1-4H3,(H-,30,33,34)/b8-7-,13-11-,14-12-,16-6-,26-20+/t27-/m1/s1. The van der Waals surface area contributed by atoms with Crippen molar-refractivity contribution >= 4 is 13.8 Å². The Bertz CT molecular complexity index is 827. The molecule has 0 bridgehead atoms. The third-order valence-electron chi connectivity index (χ3n) is 4.89. The summed E-state index contributed by atoms with van der Waals surface area (Å²) < 4.78 is 26.6. The SMILES string of the molecule is CC/C=C\C/C(O)=C\C/C=C\C/C=C\C/C=C\CCCC(=O)OC[C@@H](O)COP(=O)([O-])OCC[N+](C)(C)C. The Kier molecular flexibility index (Phi) is 20.7. The van der Waals surface area contributed by atoms with Gasteiger partial charge in [-0.25, -0.2) is 0 Å². The fourth-order valence-electron chi connectivity index (χ4n) is 2.73. The first-order valence-corrected chi connectivity index (χ1v) is 14.6. The van der Waals surface area contributed by atoms with Gasteiger partial charge in [-0.1, -0.05) is 55.5 Å². The molecule has 0 aromatic heterocycles. The number of carbonyl (C=O) groups excluding carboxylic acids is 1. The van der Waals surface area contributed by atoms with Crippen molar-refractivity contribution in [3.63, 3.8) is 0 Å². The van der Waals surface area contributed by atoms with Gasteiger partial charge in [0, 0.05) is 12.8 Å². The molecule has 0 fully saturated rings. The molecule has 0 aromatic carbocycles. The van der Waals surface area contributed by atoms with Gasteiger partial charge in [-0.05, 0) is 44.6 Å². The number of rotatable bonds is 22. The zero-order valence-electron chi connectivity index (χ0n) is 23.5. The number of likely N-dealkylation sites (N-methyl/N-ethyl adjacent to an activating group) is 1. The average molecular weight is 558 g/mol. The van der Waals surface area contributed by atoms with E-state index in [-0.39, 0.29) is 19.6 Å². The van der Waals surface area contributed by atoms with Gasteiger partial charge in [-0.2, -0.15) is 0 Å².